The summed E-state index contributed by atoms with van der Waals surface area (Å²) < 4.78 is 0. The molecule has 2 N–H and O–H groups in total. The van der Waals surface area contributed by atoms with E-state index in [1.165, 1.54) is 38.5 Å². The summed E-state index contributed by atoms with van der Waals surface area (Å²) in [6.45, 7) is 4.77. The predicted octanol–water partition coefficient (Wildman–Crippen LogP) is 4.84. The molecule has 2 heteroatoms. The standard InChI is InChI=1S/C21H27NS/c1-3-10-18(4-2)15-11-19(14-8-6-5-7-9-14)13-20(17(22)23)12-16(18)21(15,19)20/h5-9,15-16H,3-4,10-13H2,1-2H3,(H2,22,23). The second-order valence-corrected chi connectivity index (χ2v) is 9.23. The molecule has 1 aromatic carbocycles. The summed E-state index contributed by atoms with van der Waals surface area (Å²) in [5.74, 6) is 1.74. The molecule has 0 radical (unpaired) electrons. The van der Waals surface area contributed by atoms with Gasteiger partial charge in [0.05, 0.1) is 4.99 Å². The maximum atomic E-state index is 6.31. The maximum absolute atomic E-state index is 6.31. The fraction of sp³-hybridized carbons (Fsp3) is 0.667. The third kappa shape index (κ3) is 1.09. The number of benzene rings is 1. The van der Waals surface area contributed by atoms with E-state index in [-0.39, 0.29) is 5.41 Å². The van der Waals surface area contributed by atoms with E-state index >= 15 is 0 Å². The zero-order valence-corrected chi connectivity index (χ0v) is 15.1. The van der Waals surface area contributed by atoms with Gasteiger partial charge in [-0.1, -0.05) is 62.8 Å². The van der Waals surface area contributed by atoms with Crippen molar-refractivity contribution in [1.29, 1.82) is 0 Å². The fourth-order valence-electron chi connectivity index (χ4n) is 8.53. The van der Waals surface area contributed by atoms with Crippen LogP contribution in [0.25, 0.3) is 0 Å². The van der Waals surface area contributed by atoms with Crippen LogP contribution in [0.2, 0.25) is 0 Å². The number of nitrogens with two attached hydrogens (primary N) is 1. The lowest BCUT2D eigenvalue weighted by molar-refractivity contribution is -0.485. The van der Waals surface area contributed by atoms with Crippen molar-refractivity contribution in [2.45, 2.75) is 57.8 Å². The SMILES string of the molecule is CCCC1(CC)C2CC3(C(N)=S)CC4(c5ccccc5)CC1C234. The van der Waals surface area contributed by atoms with E-state index in [1.807, 2.05) is 0 Å². The normalized spacial score (nSPS) is 51.2. The Balaban J connectivity index is 1.61. The highest BCUT2D eigenvalue weighted by molar-refractivity contribution is 7.80. The van der Waals surface area contributed by atoms with Crippen LogP contribution in [0.1, 0.15) is 57.9 Å². The van der Waals surface area contributed by atoms with Crippen molar-refractivity contribution < 1.29 is 0 Å². The molecule has 4 aliphatic rings. The highest BCUT2D eigenvalue weighted by Crippen LogP contribution is 3.02. The molecule has 4 fully saturated rings. The first kappa shape index (κ1) is 14.5. The minimum atomic E-state index is 0.207. The zero-order chi connectivity index (χ0) is 16.1. The van der Waals surface area contributed by atoms with Crippen LogP contribution in [0.5, 0.6) is 0 Å². The minimum Gasteiger partial charge on any atom is -0.393 e. The largest absolute Gasteiger partial charge is 0.393 e. The van der Waals surface area contributed by atoms with Crippen LogP contribution in [-0.4, -0.2) is 4.99 Å². The van der Waals surface area contributed by atoms with Crippen LogP contribution in [0.3, 0.4) is 0 Å². The second kappa shape index (κ2) is 4.02. The summed E-state index contributed by atoms with van der Waals surface area (Å²) in [6, 6.07) is 11.3. The van der Waals surface area contributed by atoms with Crippen molar-refractivity contribution >= 4 is 17.2 Å². The number of rotatable bonds is 5. The van der Waals surface area contributed by atoms with Gasteiger partial charge in [0, 0.05) is 10.8 Å². The van der Waals surface area contributed by atoms with E-state index in [9.17, 15) is 0 Å². The Morgan fingerprint density at radius 3 is 2.43 bits per heavy atom. The quantitative estimate of drug-likeness (QED) is 0.784. The predicted molar refractivity (Wildman–Crippen MR) is 98.2 cm³/mol. The van der Waals surface area contributed by atoms with Crippen LogP contribution in [0, 0.1) is 28.1 Å². The lowest BCUT2D eigenvalue weighted by Gasteiger charge is -3.00. The van der Waals surface area contributed by atoms with E-state index in [1.54, 1.807) is 5.56 Å². The smallest absolute Gasteiger partial charge is 0.0796 e. The lowest BCUT2D eigenvalue weighted by atomic mass is 9.03. The summed E-state index contributed by atoms with van der Waals surface area (Å²) in [7, 11) is 0. The van der Waals surface area contributed by atoms with Gasteiger partial charge in [-0.2, -0.15) is 0 Å². The van der Waals surface area contributed by atoms with E-state index in [4.69, 9.17) is 18.0 Å². The first-order valence-corrected chi connectivity index (χ1v) is 9.82. The Bertz CT molecular complexity index is 689. The molecule has 0 amide bonds. The molecule has 0 saturated heterocycles. The number of hydrogen-bond acceptors (Lipinski definition) is 1. The van der Waals surface area contributed by atoms with Gasteiger partial charge in [-0.15, -0.1) is 0 Å². The lowest BCUT2D eigenvalue weighted by Crippen LogP contribution is -2.98. The van der Waals surface area contributed by atoms with Crippen molar-refractivity contribution in [3.8, 4) is 0 Å². The molecule has 122 valence electrons. The molecule has 6 atom stereocenters. The molecule has 4 saturated carbocycles. The van der Waals surface area contributed by atoms with Gasteiger partial charge in [-0.25, -0.2) is 0 Å². The summed E-state index contributed by atoms with van der Waals surface area (Å²) in [4.78, 5) is 0.825. The van der Waals surface area contributed by atoms with Gasteiger partial charge in [-0.05, 0) is 60.3 Å². The third-order valence-electron chi connectivity index (χ3n) is 8.95. The molecule has 1 spiro atoms. The zero-order valence-electron chi connectivity index (χ0n) is 14.3. The second-order valence-electron chi connectivity index (χ2n) is 8.79. The van der Waals surface area contributed by atoms with Gasteiger partial charge >= 0.3 is 0 Å². The minimum absolute atomic E-state index is 0.207. The van der Waals surface area contributed by atoms with Gasteiger partial charge in [0.25, 0.3) is 0 Å². The molecule has 0 heterocycles. The molecule has 0 aliphatic heterocycles. The molecule has 5 rings (SSSR count). The van der Waals surface area contributed by atoms with Crippen LogP contribution >= 0.6 is 12.2 Å². The summed E-state index contributed by atoms with van der Waals surface area (Å²) in [5, 5.41) is 0. The van der Waals surface area contributed by atoms with Crippen LogP contribution in [0.15, 0.2) is 30.3 Å². The van der Waals surface area contributed by atoms with Gasteiger partial charge in [-0.3, -0.25) is 0 Å². The fourth-order valence-corrected chi connectivity index (χ4v) is 8.85. The summed E-state index contributed by atoms with van der Waals surface area (Å²) >= 11 is 5.60. The Hall–Kier alpha value is -0.890. The maximum Gasteiger partial charge on any atom is 0.0796 e. The third-order valence-corrected chi connectivity index (χ3v) is 9.34. The van der Waals surface area contributed by atoms with E-state index in [2.05, 4.69) is 44.2 Å². The molecule has 1 aromatic rings. The topological polar surface area (TPSA) is 26.0 Å². The Morgan fingerprint density at radius 2 is 1.87 bits per heavy atom. The van der Waals surface area contributed by atoms with Crippen molar-refractivity contribution in [2.24, 2.45) is 33.8 Å². The van der Waals surface area contributed by atoms with E-state index in [0.29, 0.717) is 16.2 Å². The van der Waals surface area contributed by atoms with Crippen molar-refractivity contribution in [3.63, 3.8) is 0 Å². The van der Waals surface area contributed by atoms with E-state index < -0.39 is 0 Å². The van der Waals surface area contributed by atoms with Gasteiger partial charge < -0.3 is 5.73 Å². The summed E-state index contributed by atoms with van der Waals surface area (Å²) in [5.41, 5.74) is 9.52. The number of hydrogen-bond donors (Lipinski definition) is 1. The van der Waals surface area contributed by atoms with Gasteiger partial charge in [0.15, 0.2) is 0 Å². The van der Waals surface area contributed by atoms with Crippen LogP contribution in [-0.2, 0) is 5.41 Å². The molecule has 0 aromatic heterocycles. The monoisotopic (exact) mass is 325 g/mol. The molecule has 0 bridgehead atoms. The van der Waals surface area contributed by atoms with Gasteiger partial charge in [0.2, 0.25) is 0 Å². The average molecular weight is 326 g/mol. The Labute approximate surface area is 145 Å². The Morgan fingerprint density at radius 1 is 1.17 bits per heavy atom. The van der Waals surface area contributed by atoms with Crippen molar-refractivity contribution in [1.82, 2.24) is 0 Å². The van der Waals surface area contributed by atoms with E-state index in [0.717, 1.165) is 16.8 Å². The van der Waals surface area contributed by atoms with Crippen molar-refractivity contribution in [3.05, 3.63) is 35.9 Å². The molecule has 6 unspecified atom stereocenters. The first-order valence-electron chi connectivity index (χ1n) is 9.41. The molecule has 4 aliphatic carbocycles. The summed E-state index contributed by atoms with van der Waals surface area (Å²) in [6.07, 6.45) is 7.94. The van der Waals surface area contributed by atoms with Crippen molar-refractivity contribution in [2.75, 3.05) is 0 Å². The molecule has 23 heavy (non-hydrogen) atoms. The van der Waals surface area contributed by atoms with Crippen LogP contribution < -0.4 is 5.73 Å². The highest BCUT2D eigenvalue weighted by atomic mass is 32.1. The molecular formula is C21H27NS. The van der Waals surface area contributed by atoms with Gasteiger partial charge in [0.1, 0.15) is 0 Å². The highest BCUT2D eigenvalue weighted by Gasteiger charge is 2.99. The first-order chi connectivity index (χ1) is 11.1. The Kier molecular flexibility index (Phi) is 2.52. The average Bonchev–Trinajstić information content (AvgIpc) is 2.50. The van der Waals surface area contributed by atoms with Crippen LogP contribution in [0.4, 0.5) is 0 Å². The number of thiocarbonyl (C=S) groups is 1. The molecule has 1 nitrogen and oxygen atoms in total. The molecular weight excluding hydrogens is 298 g/mol.